The molecule has 2 N–H and O–H groups in total. The maximum atomic E-state index is 12.9. The SMILES string of the molecule is COc1ccccc1CNC1=NCCNC12CCN(S(=O)(=O)c1ccc(Cl)s1)CC2.Cl. The number of hydrogen-bond donors (Lipinski definition) is 2. The van der Waals surface area contributed by atoms with Gasteiger partial charge in [0.25, 0.3) is 10.0 Å². The quantitative estimate of drug-likeness (QED) is 0.653. The third kappa shape index (κ3) is 5.02. The molecule has 1 fully saturated rings. The minimum atomic E-state index is -3.52. The van der Waals surface area contributed by atoms with Gasteiger partial charge in [0.1, 0.15) is 15.8 Å². The van der Waals surface area contributed by atoms with Crippen LogP contribution in [0.4, 0.5) is 0 Å². The number of para-hydroxylation sites is 1. The van der Waals surface area contributed by atoms with Crippen LogP contribution in [0.1, 0.15) is 18.4 Å². The molecule has 0 saturated carbocycles. The number of ether oxygens (including phenoxy) is 1. The molecule has 0 atom stereocenters. The maximum absolute atomic E-state index is 12.9. The van der Waals surface area contributed by atoms with E-state index in [0.717, 1.165) is 35.0 Å². The van der Waals surface area contributed by atoms with Gasteiger partial charge < -0.3 is 15.4 Å². The van der Waals surface area contributed by atoms with Gasteiger partial charge in [0.2, 0.25) is 0 Å². The van der Waals surface area contributed by atoms with Crippen LogP contribution in [0, 0.1) is 0 Å². The van der Waals surface area contributed by atoms with Crippen LogP contribution >= 0.6 is 35.3 Å². The number of halogens is 2. The number of aliphatic imine (C=N–C) groups is 1. The molecule has 2 aliphatic heterocycles. The molecule has 1 aromatic heterocycles. The lowest BCUT2D eigenvalue weighted by Gasteiger charge is -2.44. The van der Waals surface area contributed by atoms with Crippen molar-refractivity contribution in [3.8, 4) is 5.75 Å². The van der Waals surface area contributed by atoms with Crippen molar-refractivity contribution in [2.75, 3.05) is 33.3 Å². The highest BCUT2D eigenvalue weighted by molar-refractivity contribution is 7.91. The molecule has 1 saturated heterocycles. The molecular weight excluding hydrogens is 479 g/mol. The summed E-state index contributed by atoms with van der Waals surface area (Å²) < 4.78 is 33.6. The molecule has 31 heavy (non-hydrogen) atoms. The first-order chi connectivity index (χ1) is 14.4. The normalized spacial score (nSPS) is 18.8. The number of rotatable bonds is 5. The Hall–Kier alpha value is -1.36. The minimum Gasteiger partial charge on any atom is -0.496 e. The molecule has 0 amide bonds. The highest BCUT2D eigenvalue weighted by atomic mass is 35.5. The lowest BCUT2D eigenvalue weighted by molar-refractivity contribution is 0.241. The fourth-order valence-corrected chi connectivity index (χ4v) is 7.11. The van der Waals surface area contributed by atoms with E-state index in [4.69, 9.17) is 21.3 Å². The van der Waals surface area contributed by atoms with Gasteiger partial charge in [0, 0.05) is 31.7 Å². The van der Waals surface area contributed by atoms with Gasteiger partial charge in [0.05, 0.1) is 23.5 Å². The van der Waals surface area contributed by atoms with E-state index in [0.29, 0.717) is 47.6 Å². The number of piperidine rings is 1. The van der Waals surface area contributed by atoms with Crippen molar-refractivity contribution in [3.05, 3.63) is 46.3 Å². The van der Waals surface area contributed by atoms with Crippen LogP contribution in [0.2, 0.25) is 4.34 Å². The average molecular weight is 505 g/mol. The Bertz CT molecular complexity index is 1030. The van der Waals surface area contributed by atoms with Gasteiger partial charge in [-0.05, 0) is 31.0 Å². The molecule has 7 nitrogen and oxygen atoms in total. The molecule has 1 spiro atoms. The van der Waals surface area contributed by atoms with Gasteiger partial charge in [0.15, 0.2) is 0 Å². The van der Waals surface area contributed by atoms with Gasteiger partial charge in [-0.3, -0.25) is 4.99 Å². The summed E-state index contributed by atoms with van der Waals surface area (Å²) in [6.45, 7) is 2.95. The van der Waals surface area contributed by atoms with E-state index in [1.807, 2.05) is 24.3 Å². The molecule has 0 radical (unpaired) electrons. The molecule has 11 heteroatoms. The first kappa shape index (κ1) is 24.3. The van der Waals surface area contributed by atoms with E-state index < -0.39 is 10.0 Å². The lowest BCUT2D eigenvalue weighted by Crippen LogP contribution is -2.64. The highest BCUT2D eigenvalue weighted by Crippen LogP contribution is 2.32. The van der Waals surface area contributed by atoms with E-state index in [1.54, 1.807) is 23.5 Å². The number of sulfonamides is 1. The number of benzene rings is 1. The molecule has 1 aromatic carbocycles. The van der Waals surface area contributed by atoms with Gasteiger partial charge in [-0.15, -0.1) is 23.7 Å². The van der Waals surface area contributed by atoms with Crippen molar-refractivity contribution < 1.29 is 13.2 Å². The first-order valence-corrected chi connectivity index (χ1v) is 12.5. The molecule has 2 aliphatic rings. The van der Waals surface area contributed by atoms with Crippen molar-refractivity contribution in [2.24, 2.45) is 4.99 Å². The number of methoxy groups -OCH3 is 1. The van der Waals surface area contributed by atoms with Crippen LogP contribution in [0.25, 0.3) is 0 Å². The largest absolute Gasteiger partial charge is 0.496 e. The molecule has 170 valence electrons. The molecule has 3 heterocycles. The number of nitrogens with one attached hydrogen (secondary N) is 2. The third-order valence-corrected chi connectivity index (χ3v) is 9.25. The molecule has 0 unspecified atom stereocenters. The van der Waals surface area contributed by atoms with Crippen molar-refractivity contribution >= 4 is 51.2 Å². The second kappa shape index (κ2) is 10.1. The van der Waals surface area contributed by atoms with Crippen molar-refractivity contribution in [1.29, 1.82) is 0 Å². The molecule has 0 bridgehead atoms. The van der Waals surface area contributed by atoms with Gasteiger partial charge in [-0.2, -0.15) is 4.31 Å². The Kier molecular flexibility index (Phi) is 7.88. The van der Waals surface area contributed by atoms with Crippen molar-refractivity contribution in [3.63, 3.8) is 0 Å². The molecule has 0 aliphatic carbocycles. The Labute approximate surface area is 198 Å². The number of hydrogen-bond acceptors (Lipinski definition) is 7. The average Bonchev–Trinajstić information content (AvgIpc) is 3.21. The van der Waals surface area contributed by atoms with E-state index in [1.165, 1.54) is 0 Å². The topological polar surface area (TPSA) is 83.0 Å². The zero-order chi connectivity index (χ0) is 21.2. The van der Waals surface area contributed by atoms with Crippen LogP contribution in [-0.4, -0.2) is 57.4 Å². The zero-order valence-corrected chi connectivity index (χ0v) is 20.3. The number of thiophene rings is 1. The predicted molar refractivity (Wildman–Crippen MR) is 127 cm³/mol. The highest BCUT2D eigenvalue weighted by Gasteiger charge is 2.43. The predicted octanol–water partition coefficient (Wildman–Crippen LogP) is 3.15. The monoisotopic (exact) mass is 504 g/mol. The summed E-state index contributed by atoms with van der Waals surface area (Å²) in [4.78, 5) is 4.74. The van der Waals surface area contributed by atoms with Crippen molar-refractivity contribution in [1.82, 2.24) is 14.9 Å². The first-order valence-electron chi connectivity index (χ1n) is 9.86. The molecule has 2 aromatic rings. The fourth-order valence-electron chi connectivity index (χ4n) is 4.04. The second-order valence-corrected chi connectivity index (χ2v) is 11.2. The maximum Gasteiger partial charge on any atom is 0.252 e. The van der Waals surface area contributed by atoms with Gasteiger partial charge >= 0.3 is 0 Å². The molecule has 4 rings (SSSR count). The van der Waals surface area contributed by atoms with Crippen LogP contribution in [-0.2, 0) is 16.6 Å². The van der Waals surface area contributed by atoms with Gasteiger partial charge in [-0.25, -0.2) is 8.42 Å². The number of nitrogens with zero attached hydrogens (tertiary/aromatic N) is 2. The summed E-state index contributed by atoms with van der Waals surface area (Å²) in [7, 11) is -1.85. The summed E-state index contributed by atoms with van der Waals surface area (Å²) in [5.41, 5.74) is 0.720. The summed E-state index contributed by atoms with van der Waals surface area (Å²) in [6, 6.07) is 11.1. The van der Waals surface area contributed by atoms with Crippen LogP contribution in [0.3, 0.4) is 0 Å². The summed E-state index contributed by atoms with van der Waals surface area (Å²) in [6.07, 6.45) is 1.31. The molecular formula is C20H26Cl2N4O3S2. The Morgan fingerprint density at radius 3 is 2.68 bits per heavy atom. The van der Waals surface area contributed by atoms with E-state index in [-0.39, 0.29) is 17.9 Å². The Balaban J connectivity index is 0.00000272. The smallest absolute Gasteiger partial charge is 0.252 e. The minimum absolute atomic E-state index is 0. The Morgan fingerprint density at radius 2 is 2.00 bits per heavy atom. The van der Waals surface area contributed by atoms with Crippen LogP contribution in [0.5, 0.6) is 5.75 Å². The van der Waals surface area contributed by atoms with E-state index >= 15 is 0 Å². The van der Waals surface area contributed by atoms with E-state index in [9.17, 15) is 8.42 Å². The fraction of sp³-hybridized carbons (Fsp3) is 0.450. The summed E-state index contributed by atoms with van der Waals surface area (Å²) in [5.74, 6) is 1.73. The zero-order valence-electron chi connectivity index (χ0n) is 17.1. The number of amidine groups is 1. The standard InChI is InChI=1S/C20H25ClN4O3S2.ClH/c1-28-16-5-3-2-4-15(16)14-23-19-20(24-11-10-22-19)8-12-25(13-9-20)30(26,27)18-7-6-17(21)29-18;/h2-7,24H,8-14H2,1H3,(H,22,23);1H. The van der Waals surface area contributed by atoms with Gasteiger partial charge in [-0.1, -0.05) is 29.8 Å². The Morgan fingerprint density at radius 1 is 1.26 bits per heavy atom. The lowest BCUT2D eigenvalue weighted by atomic mass is 9.85. The summed E-state index contributed by atoms with van der Waals surface area (Å²) in [5, 5.41) is 7.09. The van der Waals surface area contributed by atoms with Crippen LogP contribution in [0.15, 0.2) is 45.6 Å². The van der Waals surface area contributed by atoms with Crippen LogP contribution < -0.4 is 15.4 Å². The third-order valence-electron chi connectivity index (χ3n) is 5.66. The van der Waals surface area contributed by atoms with E-state index in [2.05, 4.69) is 10.6 Å². The van der Waals surface area contributed by atoms with Crippen molar-refractivity contribution in [2.45, 2.75) is 29.1 Å². The second-order valence-electron chi connectivity index (χ2n) is 7.37. The summed E-state index contributed by atoms with van der Waals surface area (Å²) >= 11 is 7.04.